The van der Waals surface area contributed by atoms with Crippen molar-refractivity contribution in [1.82, 2.24) is 15.6 Å². The maximum atomic E-state index is 13.2. The first-order valence-electron chi connectivity index (χ1n) is 8.54. The molecule has 0 aliphatic carbocycles. The summed E-state index contributed by atoms with van der Waals surface area (Å²) in [6.07, 6.45) is 2.74. The smallest absolute Gasteiger partial charge is 0.219 e. The Bertz CT molecular complexity index is 694. The van der Waals surface area contributed by atoms with Crippen molar-refractivity contribution in [3.05, 3.63) is 54.0 Å². The summed E-state index contributed by atoms with van der Waals surface area (Å²) >= 11 is 0. The number of guanidine groups is 1. The Hall–Kier alpha value is -1.90. The fourth-order valence-corrected chi connectivity index (χ4v) is 2.04. The zero-order valence-electron chi connectivity index (χ0n) is 15.3. The van der Waals surface area contributed by atoms with Crippen LogP contribution in [0.15, 0.2) is 47.6 Å². The lowest BCUT2D eigenvalue weighted by Gasteiger charge is -2.16. The van der Waals surface area contributed by atoms with E-state index in [4.69, 9.17) is 4.74 Å². The number of hydrogen-bond acceptors (Lipinski definition) is 3. The van der Waals surface area contributed by atoms with Crippen LogP contribution in [0.1, 0.15) is 32.8 Å². The van der Waals surface area contributed by atoms with Gasteiger partial charge in [0.1, 0.15) is 11.6 Å². The second-order valence-electron chi connectivity index (χ2n) is 5.71. The fourth-order valence-electron chi connectivity index (χ4n) is 2.04. The predicted octanol–water partition coefficient (Wildman–Crippen LogP) is 4.48. The molecule has 0 amide bonds. The quantitative estimate of drug-likeness (QED) is 0.355. The van der Waals surface area contributed by atoms with Crippen molar-refractivity contribution in [1.29, 1.82) is 0 Å². The van der Waals surface area contributed by atoms with Crippen LogP contribution in [-0.4, -0.2) is 23.5 Å². The van der Waals surface area contributed by atoms with Crippen LogP contribution >= 0.6 is 24.0 Å². The number of halogens is 2. The van der Waals surface area contributed by atoms with Crippen LogP contribution in [0.3, 0.4) is 0 Å². The molecule has 2 N–H and O–H groups in total. The molecule has 0 aliphatic heterocycles. The molecule has 1 aromatic carbocycles. The van der Waals surface area contributed by atoms with Crippen LogP contribution in [0.2, 0.25) is 0 Å². The zero-order chi connectivity index (χ0) is 18.1. The monoisotopic (exact) mass is 472 g/mol. The average molecular weight is 472 g/mol. The average Bonchev–Trinajstić information content (AvgIpc) is 2.61. The van der Waals surface area contributed by atoms with Crippen molar-refractivity contribution in [2.24, 2.45) is 4.99 Å². The van der Waals surface area contributed by atoms with Gasteiger partial charge in [-0.05, 0) is 38.0 Å². The third-order valence-electron chi connectivity index (χ3n) is 3.58. The van der Waals surface area contributed by atoms with E-state index in [2.05, 4.69) is 34.5 Å². The summed E-state index contributed by atoms with van der Waals surface area (Å²) in [6.45, 7) is 7.60. The predicted molar refractivity (Wildman–Crippen MR) is 114 cm³/mol. The van der Waals surface area contributed by atoms with Gasteiger partial charge in [0.25, 0.3) is 0 Å². The van der Waals surface area contributed by atoms with Crippen molar-refractivity contribution in [2.75, 3.05) is 6.54 Å². The lowest BCUT2D eigenvalue weighted by Crippen LogP contribution is -2.41. The number of nitrogens with one attached hydrogen (secondary N) is 2. The lowest BCUT2D eigenvalue weighted by molar-refractivity contribution is 0.457. The van der Waals surface area contributed by atoms with Gasteiger partial charge in [0.15, 0.2) is 5.96 Å². The maximum absolute atomic E-state index is 13.2. The van der Waals surface area contributed by atoms with Gasteiger partial charge >= 0.3 is 0 Å². The molecular formula is C19H26FIN4O. The molecule has 26 heavy (non-hydrogen) atoms. The number of ether oxygens (including phenoxy) is 1. The molecule has 2 aromatic rings. The van der Waals surface area contributed by atoms with E-state index in [9.17, 15) is 4.39 Å². The minimum Gasteiger partial charge on any atom is -0.439 e. The highest BCUT2D eigenvalue weighted by Crippen LogP contribution is 2.20. The lowest BCUT2D eigenvalue weighted by atomic mass is 10.2. The van der Waals surface area contributed by atoms with E-state index < -0.39 is 0 Å². The number of aliphatic imine (C=N–C) groups is 1. The molecule has 0 fully saturated rings. The van der Waals surface area contributed by atoms with Gasteiger partial charge < -0.3 is 15.4 Å². The molecule has 0 bridgehead atoms. The summed E-state index contributed by atoms with van der Waals surface area (Å²) in [5.41, 5.74) is 0.966. The van der Waals surface area contributed by atoms with Gasteiger partial charge in [-0.1, -0.05) is 19.1 Å². The second-order valence-corrected chi connectivity index (χ2v) is 5.71. The van der Waals surface area contributed by atoms with E-state index in [0.29, 0.717) is 24.2 Å². The number of rotatable bonds is 7. The highest BCUT2D eigenvalue weighted by atomic mass is 127. The Labute approximate surface area is 171 Å². The maximum Gasteiger partial charge on any atom is 0.219 e. The van der Waals surface area contributed by atoms with Crippen molar-refractivity contribution in [2.45, 2.75) is 39.8 Å². The minimum atomic E-state index is -0.340. The van der Waals surface area contributed by atoms with Gasteiger partial charge in [-0.25, -0.2) is 14.4 Å². The van der Waals surface area contributed by atoms with E-state index in [1.54, 1.807) is 24.4 Å². The molecule has 1 aromatic heterocycles. The van der Waals surface area contributed by atoms with E-state index >= 15 is 0 Å². The van der Waals surface area contributed by atoms with E-state index in [1.165, 1.54) is 12.1 Å². The molecule has 0 spiro atoms. The van der Waals surface area contributed by atoms with Gasteiger partial charge in [0.2, 0.25) is 5.88 Å². The van der Waals surface area contributed by atoms with Crippen molar-refractivity contribution < 1.29 is 9.13 Å². The number of hydrogen-bond donors (Lipinski definition) is 2. The molecular weight excluding hydrogens is 446 g/mol. The normalized spacial score (nSPS) is 12.1. The summed E-state index contributed by atoms with van der Waals surface area (Å²) < 4.78 is 18.7. The zero-order valence-corrected chi connectivity index (χ0v) is 17.7. The Balaban J connectivity index is 0.00000338. The third-order valence-corrected chi connectivity index (χ3v) is 3.58. The first kappa shape index (κ1) is 22.1. The van der Waals surface area contributed by atoms with Crippen LogP contribution < -0.4 is 15.4 Å². The first-order valence-corrected chi connectivity index (χ1v) is 8.54. The van der Waals surface area contributed by atoms with Crippen LogP contribution in [0, 0.1) is 5.82 Å². The summed E-state index contributed by atoms with van der Waals surface area (Å²) in [7, 11) is 0. The topological polar surface area (TPSA) is 58.5 Å². The summed E-state index contributed by atoms with van der Waals surface area (Å²) in [6, 6.07) is 9.99. The molecule has 0 aliphatic rings. The minimum absolute atomic E-state index is 0. The highest BCUT2D eigenvalue weighted by Gasteiger charge is 2.04. The van der Waals surface area contributed by atoms with E-state index in [1.807, 2.05) is 13.0 Å². The Morgan fingerprint density at radius 1 is 1.27 bits per heavy atom. The van der Waals surface area contributed by atoms with Gasteiger partial charge in [-0.2, -0.15) is 0 Å². The van der Waals surface area contributed by atoms with Crippen molar-refractivity contribution in [3.8, 4) is 11.6 Å². The SMILES string of the molecule is CCNC(=NCc1ccc(Oc2cccc(F)c2)nc1)NC(C)CC.I. The summed E-state index contributed by atoms with van der Waals surface area (Å²) in [5.74, 6) is 1.29. The van der Waals surface area contributed by atoms with Gasteiger partial charge in [-0.15, -0.1) is 24.0 Å². The van der Waals surface area contributed by atoms with Crippen molar-refractivity contribution >= 4 is 29.9 Å². The number of nitrogens with zero attached hydrogens (tertiary/aromatic N) is 2. The summed E-state index contributed by atoms with van der Waals surface area (Å²) in [5, 5.41) is 6.57. The molecule has 7 heteroatoms. The van der Waals surface area contributed by atoms with Crippen LogP contribution in [-0.2, 0) is 6.54 Å². The molecule has 142 valence electrons. The van der Waals surface area contributed by atoms with Gasteiger partial charge in [-0.3, -0.25) is 0 Å². The fraction of sp³-hybridized carbons (Fsp3) is 0.368. The molecule has 1 atom stereocenters. The Kier molecular flexibility index (Phi) is 9.93. The number of pyridine rings is 1. The van der Waals surface area contributed by atoms with Gasteiger partial charge in [0.05, 0.1) is 6.54 Å². The van der Waals surface area contributed by atoms with Crippen LogP contribution in [0.4, 0.5) is 4.39 Å². The molecule has 1 unspecified atom stereocenters. The summed E-state index contributed by atoms with van der Waals surface area (Å²) in [4.78, 5) is 8.81. The second kappa shape index (κ2) is 11.7. The molecule has 5 nitrogen and oxygen atoms in total. The standard InChI is InChI=1S/C19H25FN4O.HI/c1-4-14(3)24-19(21-5-2)23-13-15-9-10-18(22-12-15)25-17-8-6-7-16(20)11-17;/h6-12,14H,4-5,13H2,1-3H3,(H2,21,23,24);1H. The molecule has 0 radical (unpaired) electrons. The number of benzene rings is 1. The van der Waals surface area contributed by atoms with Gasteiger partial charge in [0, 0.05) is 30.9 Å². The third kappa shape index (κ3) is 7.55. The molecule has 1 heterocycles. The first-order chi connectivity index (χ1) is 12.1. The molecule has 0 saturated carbocycles. The Morgan fingerprint density at radius 2 is 2.08 bits per heavy atom. The largest absolute Gasteiger partial charge is 0.439 e. The number of aromatic nitrogens is 1. The highest BCUT2D eigenvalue weighted by molar-refractivity contribution is 14.0. The van der Waals surface area contributed by atoms with Crippen LogP contribution in [0.25, 0.3) is 0 Å². The van der Waals surface area contributed by atoms with E-state index in [0.717, 1.165) is 24.5 Å². The van der Waals surface area contributed by atoms with E-state index in [-0.39, 0.29) is 29.8 Å². The molecule has 0 saturated heterocycles. The molecule has 2 rings (SSSR count). The van der Waals surface area contributed by atoms with Crippen LogP contribution in [0.5, 0.6) is 11.6 Å². The Morgan fingerprint density at radius 3 is 2.69 bits per heavy atom. The van der Waals surface area contributed by atoms with Crippen molar-refractivity contribution in [3.63, 3.8) is 0 Å².